The lowest BCUT2D eigenvalue weighted by Gasteiger charge is -2.12. The quantitative estimate of drug-likeness (QED) is 0.285. The number of hydrogen-bond acceptors (Lipinski definition) is 6. The Hall–Kier alpha value is -3.91. The van der Waals surface area contributed by atoms with E-state index in [1.54, 1.807) is 12.1 Å². The van der Waals surface area contributed by atoms with E-state index < -0.39 is 10.8 Å². The summed E-state index contributed by atoms with van der Waals surface area (Å²) in [5, 5.41) is 10.4. The van der Waals surface area contributed by atoms with Gasteiger partial charge in [-0.1, -0.05) is 42.5 Å². The molecule has 1 aliphatic rings. The van der Waals surface area contributed by atoms with Gasteiger partial charge in [0.05, 0.1) is 16.4 Å². The Balaban J connectivity index is 1.49. The number of imide groups is 1. The molecule has 154 valence electrons. The van der Waals surface area contributed by atoms with E-state index in [4.69, 9.17) is 4.74 Å². The summed E-state index contributed by atoms with van der Waals surface area (Å²) in [6.07, 6.45) is 1.65. The minimum Gasteiger partial charge on any atom is -0.457 e. The predicted octanol–water partition coefficient (Wildman–Crippen LogP) is 5.62. The smallest absolute Gasteiger partial charge is 0.293 e. The first-order chi connectivity index (χ1) is 15.0. The molecule has 1 fully saturated rings. The van der Waals surface area contributed by atoms with Gasteiger partial charge in [-0.2, -0.15) is 0 Å². The third kappa shape index (κ3) is 4.81. The number of nitrogens with zero attached hydrogens (tertiary/aromatic N) is 2. The van der Waals surface area contributed by atoms with Crippen molar-refractivity contribution in [3.05, 3.63) is 105 Å². The molecule has 1 saturated heterocycles. The lowest BCUT2D eigenvalue weighted by Crippen LogP contribution is -2.27. The number of ether oxygens (including phenoxy) is 1. The van der Waals surface area contributed by atoms with Crippen LogP contribution in [0, 0.1) is 10.1 Å². The third-order valence-corrected chi connectivity index (χ3v) is 5.40. The van der Waals surface area contributed by atoms with E-state index in [0.717, 1.165) is 22.2 Å². The zero-order valence-electron chi connectivity index (χ0n) is 16.1. The normalized spacial score (nSPS) is 14.8. The fourth-order valence-electron chi connectivity index (χ4n) is 2.99. The Kier molecular flexibility index (Phi) is 5.81. The number of benzene rings is 3. The molecular formula is C23H16N2O5S. The molecule has 1 heterocycles. The molecule has 7 nitrogen and oxygen atoms in total. The van der Waals surface area contributed by atoms with Gasteiger partial charge in [0.15, 0.2) is 0 Å². The summed E-state index contributed by atoms with van der Waals surface area (Å²) in [6, 6.07) is 22.3. The van der Waals surface area contributed by atoms with Crippen LogP contribution in [-0.4, -0.2) is 21.0 Å². The van der Waals surface area contributed by atoms with Gasteiger partial charge in [-0.3, -0.25) is 24.6 Å². The molecule has 1 aliphatic heterocycles. The SMILES string of the molecule is O=C1S/C(=C\c2cccc(Oc3ccccc3)c2)C(=O)N1Cc1ccc([N+](=O)[O-])cc1. The largest absolute Gasteiger partial charge is 0.457 e. The number of para-hydroxylation sites is 1. The number of carbonyl (C=O) groups is 2. The van der Waals surface area contributed by atoms with Crippen LogP contribution in [0.25, 0.3) is 6.08 Å². The summed E-state index contributed by atoms with van der Waals surface area (Å²) in [7, 11) is 0. The summed E-state index contributed by atoms with van der Waals surface area (Å²) in [5.74, 6) is 0.913. The molecule has 0 atom stereocenters. The maximum Gasteiger partial charge on any atom is 0.293 e. The number of nitro benzene ring substituents is 1. The first-order valence-corrected chi connectivity index (χ1v) is 10.1. The molecule has 3 aromatic carbocycles. The zero-order valence-corrected chi connectivity index (χ0v) is 17.0. The van der Waals surface area contributed by atoms with E-state index in [9.17, 15) is 19.7 Å². The van der Waals surface area contributed by atoms with E-state index in [0.29, 0.717) is 22.0 Å². The highest BCUT2D eigenvalue weighted by Gasteiger charge is 2.35. The molecule has 0 spiro atoms. The molecule has 0 unspecified atom stereocenters. The van der Waals surface area contributed by atoms with Crippen molar-refractivity contribution in [3.63, 3.8) is 0 Å². The molecule has 0 bridgehead atoms. The second kappa shape index (κ2) is 8.85. The van der Waals surface area contributed by atoms with Gasteiger partial charge in [0.2, 0.25) is 0 Å². The van der Waals surface area contributed by atoms with E-state index in [2.05, 4.69) is 0 Å². The van der Waals surface area contributed by atoms with Crippen LogP contribution in [0.4, 0.5) is 10.5 Å². The van der Waals surface area contributed by atoms with Gasteiger partial charge in [0.1, 0.15) is 11.5 Å². The van der Waals surface area contributed by atoms with Crippen LogP contribution in [0.15, 0.2) is 83.8 Å². The average molecular weight is 432 g/mol. The fourth-order valence-corrected chi connectivity index (χ4v) is 3.82. The summed E-state index contributed by atoms with van der Waals surface area (Å²) < 4.78 is 5.81. The molecule has 0 aliphatic carbocycles. The summed E-state index contributed by atoms with van der Waals surface area (Å²) >= 11 is 0.863. The Morgan fingerprint density at radius 2 is 1.65 bits per heavy atom. The van der Waals surface area contributed by atoms with Crippen LogP contribution in [-0.2, 0) is 11.3 Å². The molecule has 2 amide bonds. The number of hydrogen-bond donors (Lipinski definition) is 0. The number of rotatable bonds is 6. The van der Waals surface area contributed by atoms with Crippen molar-refractivity contribution < 1.29 is 19.2 Å². The van der Waals surface area contributed by atoms with Gasteiger partial charge in [0, 0.05) is 12.1 Å². The van der Waals surface area contributed by atoms with Crippen LogP contribution in [0.3, 0.4) is 0 Å². The summed E-state index contributed by atoms with van der Waals surface area (Å²) in [4.78, 5) is 36.8. The van der Waals surface area contributed by atoms with Gasteiger partial charge in [-0.25, -0.2) is 0 Å². The standard InChI is InChI=1S/C23H16N2O5S/c26-22-21(14-17-5-4-8-20(13-17)30-19-6-2-1-3-7-19)31-23(27)24(22)15-16-9-11-18(12-10-16)25(28)29/h1-14H,15H2/b21-14-. The van der Waals surface area contributed by atoms with E-state index in [1.165, 1.54) is 24.3 Å². The Bertz CT molecular complexity index is 1180. The predicted molar refractivity (Wildman–Crippen MR) is 118 cm³/mol. The maximum atomic E-state index is 12.8. The Morgan fingerprint density at radius 1 is 0.935 bits per heavy atom. The number of non-ortho nitro benzene ring substituents is 1. The molecule has 0 radical (unpaired) electrons. The molecule has 0 N–H and O–H groups in total. The van der Waals surface area contributed by atoms with Gasteiger partial charge in [-0.05, 0) is 53.2 Å². The van der Waals surface area contributed by atoms with Crippen LogP contribution in [0.1, 0.15) is 11.1 Å². The second-order valence-electron chi connectivity index (χ2n) is 6.68. The van der Waals surface area contributed by atoms with Gasteiger partial charge >= 0.3 is 0 Å². The molecule has 3 aromatic rings. The molecule has 4 rings (SSSR count). The second-order valence-corrected chi connectivity index (χ2v) is 7.67. The molecule has 0 aromatic heterocycles. The molecular weight excluding hydrogens is 416 g/mol. The Morgan fingerprint density at radius 3 is 2.35 bits per heavy atom. The van der Waals surface area contributed by atoms with Crippen molar-refractivity contribution in [3.8, 4) is 11.5 Å². The topological polar surface area (TPSA) is 89.8 Å². The van der Waals surface area contributed by atoms with E-state index in [1.807, 2.05) is 48.5 Å². The van der Waals surface area contributed by atoms with Crippen LogP contribution in [0.2, 0.25) is 0 Å². The molecule has 8 heteroatoms. The van der Waals surface area contributed by atoms with Crippen LogP contribution in [0.5, 0.6) is 11.5 Å². The van der Waals surface area contributed by atoms with Crippen molar-refractivity contribution in [2.75, 3.05) is 0 Å². The van der Waals surface area contributed by atoms with Gasteiger partial charge in [-0.15, -0.1) is 0 Å². The zero-order chi connectivity index (χ0) is 21.8. The van der Waals surface area contributed by atoms with E-state index in [-0.39, 0.29) is 17.5 Å². The summed E-state index contributed by atoms with van der Waals surface area (Å²) in [6.45, 7) is 0.0527. The minimum absolute atomic E-state index is 0.0459. The maximum absolute atomic E-state index is 12.8. The number of nitro groups is 1. The summed E-state index contributed by atoms with van der Waals surface area (Å²) in [5.41, 5.74) is 1.32. The highest BCUT2D eigenvalue weighted by Crippen LogP contribution is 2.34. The van der Waals surface area contributed by atoms with Crippen LogP contribution >= 0.6 is 11.8 Å². The minimum atomic E-state index is -0.498. The third-order valence-electron chi connectivity index (χ3n) is 4.50. The number of carbonyl (C=O) groups excluding carboxylic acids is 2. The number of amides is 2. The highest BCUT2D eigenvalue weighted by atomic mass is 32.2. The van der Waals surface area contributed by atoms with Crippen molar-refractivity contribution >= 4 is 34.7 Å². The van der Waals surface area contributed by atoms with E-state index >= 15 is 0 Å². The van der Waals surface area contributed by atoms with Crippen molar-refractivity contribution in [2.45, 2.75) is 6.54 Å². The monoisotopic (exact) mass is 432 g/mol. The Labute approximate surface area is 182 Å². The van der Waals surface area contributed by atoms with Gasteiger partial charge < -0.3 is 4.74 Å². The first kappa shape index (κ1) is 20.4. The van der Waals surface area contributed by atoms with Crippen LogP contribution < -0.4 is 4.74 Å². The first-order valence-electron chi connectivity index (χ1n) is 9.31. The van der Waals surface area contributed by atoms with Crippen molar-refractivity contribution in [2.24, 2.45) is 0 Å². The van der Waals surface area contributed by atoms with Gasteiger partial charge in [0.25, 0.3) is 16.8 Å². The van der Waals surface area contributed by atoms with Crippen molar-refractivity contribution in [1.82, 2.24) is 4.90 Å². The lowest BCUT2D eigenvalue weighted by molar-refractivity contribution is -0.384. The average Bonchev–Trinajstić information content (AvgIpc) is 3.02. The number of thioether (sulfide) groups is 1. The molecule has 0 saturated carbocycles. The fraction of sp³-hybridized carbons (Fsp3) is 0.0435. The highest BCUT2D eigenvalue weighted by molar-refractivity contribution is 8.18. The lowest BCUT2D eigenvalue weighted by atomic mass is 10.2. The van der Waals surface area contributed by atoms with Crippen molar-refractivity contribution in [1.29, 1.82) is 0 Å². The molecule has 31 heavy (non-hydrogen) atoms.